The Morgan fingerprint density at radius 3 is 2.81 bits per heavy atom. The number of hydrogen-bond donors (Lipinski definition) is 1. The summed E-state index contributed by atoms with van der Waals surface area (Å²) < 4.78 is 5.29. The molecule has 1 aliphatic heterocycles. The van der Waals surface area contributed by atoms with E-state index in [9.17, 15) is 0 Å². The first kappa shape index (κ1) is 14.5. The highest BCUT2D eigenvalue weighted by atomic mass is 35.5. The summed E-state index contributed by atoms with van der Waals surface area (Å²) in [6, 6.07) is 7.45. The first-order valence-electron chi connectivity index (χ1n) is 7.26. The van der Waals surface area contributed by atoms with Gasteiger partial charge in [-0.25, -0.2) is 0 Å². The number of nitrogens with zero attached hydrogens (tertiary/aromatic N) is 3. The zero-order valence-corrected chi connectivity index (χ0v) is 12.6. The van der Waals surface area contributed by atoms with Gasteiger partial charge in [-0.1, -0.05) is 35.0 Å². The van der Waals surface area contributed by atoms with Crippen molar-refractivity contribution in [1.29, 1.82) is 0 Å². The second kappa shape index (κ2) is 6.56. The third-order valence-electron chi connectivity index (χ3n) is 3.77. The number of benzene rings is 1. The second-order valence-corrected chi connectivity index (χ2v) is 5.84. The van der Waals surface area contributed by atoms with Crippen molar-refractivity contribution in [3.63, 3.8) is 0 Å². The lowest BCUT2D eigenvalue weighted by Crippen LogP contribution is -2.30. The lowest BCUT2D eigenvalue weighted by Gasteiger charge is -2.17. The van der Waals surface area contributed by atoms with Crippen LogP contribution < -0.4 is 5.73 Å². The molecule has 0 amide bonds. The van der Waals surface area contributed by atoms with Crippen LogP contribution in [0.1, 0.15) is 36.2 Å². The zero-order chi connectivity index (χ0) is 14.7. The Labute approximate surface area is 129 Å². The largest absolute Gasteiger partial charge is 0.339 e. The van der Waals surface area contributed by atoms with Crippen molar-refractivity contribution in [2.24, 2.45) is 5.73 Å². The van der Waals surface area contributed by atoms with Crippen molar-refractivity contribution < 1.29 is 4.52 Å². The Morgan fingerprint density at radius 1 is 1.29 bits per heavy atom. The van der Waals surface area contributed by atoms with Gasteiger partial charge in [0.2, 0.25) is 5.89 Å². The van der Waals surface area contributed by atoms with E-state index in [1.54, 1.807) is 0 Å². The van der Waals surface area contributed by atoms with E-state index in [0.717, 1.165) is 25.2 Å². The Kier molecular flexibility index (Phi) is 4.53. The number of rotatable bonds is 5. The lowest BCUT2D eigenvalue weighted by atomic mass is 10.1. The van der Waals surface area contributed by atoms with E-state index in [1.807, 2.05) is 24.3 Å². The molecule has 1 atom stereocenters. The SMILES string of the molecule is NC(CN1CCCC1)c1noc(Cc2ccccc2Cl)n1. The number of aromatic nitrogens is 2. The van der Waals surface area contributed by atoms with Gasteiger partial charge < -0.3 is 15.2 Å². The Morgan fingerprint density at radius 2 is 2.05 bits per heavy atom. The fourth-order valence-corrected chi connectivity index (χ4v) is 2.82. The highest BCUT2D eigenvalue weighted by Gasteiger charge is 2.20. The maximum atomic E-state index is 6.16. The van der Waals surface area contributed by atoms with Crippen molar-refractivity contribution in [2.75, 3.05) is 19.6 Å². The van der Waals surface area contributed by atoms with E-state index in [-0.39, 0.29) is 6.04 Å². The smallest absolute Gasteiger partial charge is 0.231 e. The quantitative estimate of drug-likeness (QED) is 0.918. The Balaban J connectivity index is 1.64. The van der Waals surface area contributed by atoms with Crippen molar-refractivity contribution in [2.45, 2.75) is 25.3 Å². The molecule has 2 heterocycles. The third-order valence-corrected chi connectivity index (χ3v) is 4.14. The Hall–Kier alpha value is -1.43. The van der Waals surface area contributed by atoms with Crippen LogP contribution in [0.2, 0.25) is 5.02 Å². The van der Waals surface area contributed by atoms with Gasteiger partial charge in [0.15, 0.2) is 5.82 Å². The van der Waals surface area contributed by atoms with Crippen molar-refractivity contribution in [3.8, 4) is 0 Å². The van der Waals surface area contributed by atoms with Crippen LogP contribution in [0, 0.1) is 0 Å². The minimum Gasteiger partial charge on any atom is -0.339 e. The van der Waals surface area contributed by atoms with Crippen molar-refractivity contribution in [1.82, 2.24) is 15.0 Å². The van der Waals surface area contributed by atoms with E-state index < -0.39 is 0 Å². The topological polar surface area (TPSA) is 68.2 Å². The molecule has 1 fully saturated rings. The fraction of sp³-hybridized carbons (Fsp3) is 0.467. The normalized spacial score (nSPS) is 17.2. The number of hydrogen-bond acceptors (Lipinski definition) is 5. The first-order valence-corrected chi connectivity index (χ1v) is 7.64. The molecule has 0 aliphatic carbocycles. The van der Waals surface area contributed by atoms with Gasteiger partial charge in [-0.2, -0.15) is 4.98 Å². The minimum absolute atomic E-state index is 0.202. The third kappa shape index (κ3) is 3.61. The van der Waals surface area contributed by atoms with Gasteiger partial charge in [0, 0.05) is 11.6 Å². The average Bonchev–Trinajstić information content (AvgIpc) is 3.13. The molecule has 3 rings (SSSR count). The molecule has 5 nitrogen and oxygen atoms in total. The predicted molar refractivity (Wildman–Crippen MR) is 81.2 cm³/mol. The standard InChI is InChI=1S/C15H19ClN4O/c16-12-6-2-1-5-11(12)9-14-18-15(19-21-14)13(17)10-20-7-3-4-8-20/h1-2,5-6,13H,3-4,7-10,17H2. The monoisotopic (exact) mass is 306 g/mol. The molecule has 1 saturated heterocycles. The van der Waals surface area contributed by atoms with Crippen LogP contribution in [0.25, 0.3) is 0 Å². The average molecular weight is 307 g/mol. The van der Waals surface area contributed by atoms with E-state index in [0.29, 0.717) is 23.2 Å². The van der Waals surface area contributed by atoms with Gasteiger partial charge >= 0.3 is 0 Å². The van der Waals surface area contributed by atoms with Crippen LogP contribution in [-0.4, -0.2) is 34.7 Å². The molecule has 2 N–H and O–H groups in total. The maximum Gasteiger partial charge on any atom is 0.231 e. The van der Waals surface area contributed by atoms with E-state index in [4.69, 9.17) is 21.9 Å². The summed E-state index contributed by atoms with van der Waals surface area (Å²) in [7, 11) is 0. The van der Waals surface area contributed by atoms with Crippen LogP contribution in [-0.2, 0) is 6.42 Å². The van der Waals surface area contributed by atoms with Gasteiger partial charge in [0.1, 0.15) is 0 Å². The summed E-state index contributed by atoms with van der Waals surface area (Å²) in [5.41, 5.74) is 7.13. The molecule has 6 heteroatoms. The minimum atomic E-state index is -0.202. The van der Waals surface area contributed by atoms with E-state index >= 15 is 0 Å². The lowest BCUT2D eigenvalue weighted by molar-refractivity contribution is 0.305. The maximum absolute atomic E-state index is 6.16. The van der Waals surface area contributed by atoms with Gasteiger partial charge in [-0.05, 0) is 37.6 Å². The van der Waals surface area contributed by atoms with Crippen LogP contribution in [0.5, 0.6) is 0 Å². The van der Waals surface area contributed by atoms with Gasteiger partial charge in [-0.15, -0.1) is 0 Å². The number of nitrogens with two attached hydrogens (primary N) is 1. The summed E-state index contributed by atoms with van der Waals surface area (Å²) in [4.78, 5) is 6.74. The molecule has 0 saturated carbocycles. The molecule has 0 radical (unpaired) electrons. The predicted octanol–water partition coefficient (Wildman–Crippen LogP) is 2.41. The summed E-state index contributed by atoms with van der Waals surface area (Å²) in [6.07, 6.45) is 3.02. The molecule has 1 aromatic heterocycles. The van der Waals surface area contributed by atoms with Gasteiger partial charge in [0.25, 0.3) is 0 Å². The van der Waals surface area contributed by atoms with E-state index in [2.05, 4.69) is 15.0 Å². The molecule has 1 unspecified atom stereocenters. The van der Waals surface area contributed by atoms with Gasteiger partial charge in [0.05, 0.1) is 12.5 Å². The summed E-state index contributed by atoms with van der Waals surface area (Å²) in [5.74, 6) is 1.12. The molecule has 0 spiro atoms. The molecule has 1 aromatic carbocycles. The molecule has 21 heavy (non-hydrogen) atoms. The summed E-state index contributed by atoms with van der Waals surface area (Å²) in [6.45, 7) is 3.00. The molecule has 1 aliphatic rings. The number of halogens is 1. The Bertz CT molecular complexity index is 595. The van der Waals surface area contributed by atoms with Crippen molar-refractivity contribution >= 4 is 11.6 Å². The fourth-order valence-electron chi connectivity index (χ4n) is 2.62. The molecule has 2 aromatic rings. The number of likely N-dealkylation sites (tertiary alicyclic amines) is 1. The summed E-state index contributed by atoms with van der Waals surface area (Å²) >= 11 is 6.14. The van der Waals surface area contributed by atoms with Crippen LogP contribution >= 0.6 is 11.6 Å². The highest BCUT2D eigenvalue weighted by molar-refractivity contribution is 6.31. The van der Waals surface area contributed by atoms with Crippen LogP contribution in [0.4, 0.5) is 0 Å². The molecular formula is C15H19ClN4O. The molecular weight excluding hydrogens is 288 g/mol. The van der Waals surface area contributed by atoms with E-state index in [1.165, 1.54) is 12.8 Å². The zero-order valence-electron chi connectivity index (χ0n) is 11.8. The first-order chi connectivity index (χ1) is 10.2. The van der Waals surface area contributed by atoms with Crippen molar-refractivity contribution in [3.05, 3.63) is 46.6 Å². The summed E-state index contributed by atoms with van der Waals surface area (Å²) in [5, 5.41) is 4.71. The molecule has 112 valence electrons. The second-order valence-electron chi connectivity index (χ2n) is 5.43. The molecule has 0 bridgehead atoms. The highest BCUT2D eigenvalue weighted by Crippen LogP contribution is 2.19. The van der Waals surface area contributed by atoms with Crippen LogP contribution in [0.3, 0.4) is 0 Å². The van der Waals surface area contributed by atoms with Gasteiger partial charge in [-0.3, -0.25) is 0 Å². The van der Waals surface area contributed by atoms with Crippen LogP contribution in [0.15, 0.2) is 28.8 Å².